The lowest BCUT2D eigenvalue weighted by molar-refractivity contribution is -0.384. The summed E-state index contributed by atoms with van der Waals surface area (Å²) >= 11 is 1.02. The lowest BCUT2D eigenvalue weighted by atomic mass is 10.2. The molecule has 2 rings (SSSR count). The third kappa shape index (κ3) is 4.23. The minimum Gasteiger partial charge on any atom is -0.465 e. The summed E-state index contributed by atoms with van der Waals surface area (Å²) in [7, 11) is 1.27. The summed E-state index contributed by atoms with van der Waals surface area (Å²) in [5, 5.41) is 13.4. The summed E-state index contributed by atoms with van der Waals surface area (Å²) in [6.45, 7) is 1.64. The number of thiazole rings is 1. The fraction of sp³-hybridized carbons (Fsp3) is 0.133. The second-order valence-electron chi connectivity index (χ2n) is 4.60. The molecule has 0 aliphatic rings. The van der Waals surface area contributed by atoms with Gasteiger partial charge >= 0.3 is 5.97 Å². The molecule has 2 aromatic rings. The van der Waals surface area contributed by atoms with Crippen LogP contribution in [0.5, 0.6) is 0 Å². The fourth-order valence-corrected chi connectivity index (χ4v) is 2.65. The van der Waals surface area contributed by atoms with Crippen LogP contribution < -0.4 is 5.32 Å². The van der Waals surface area contributed by atoms with Gasteiger partial charge in [0, 0.05) is 18.2 Å². The van der Waals surface area contributed by atoms with Crippen molar-refractivity contribution in [2.45, 2.75) is 6.92 Å². The van der Waals surface area contributed by atoms with Crippen molar-refractivity contribution < 1.29 is 19.2 Å². The van der Waals surface area contributed by atoms with Crippen LogP contribution in [0, 0.1) is 17.0 Å². The standard InChI is InChI=1S/C15H13N3O5S/c1-9-13(14(20)23-2)24-15(16-9)17-12(19)8-5-10-3-6-11(7-4-10)18(21)22/h3-8H,1-2H3,(H,16,17,19)/b8-5+. The van der Waals surface area contributed by atoms with Gasteiger partial charge in [-0.25, -0.2) is 9.78 Å². The molecular weight excluding hydrogens is 334 g/mol. The number of aryl methyl sites for hydroxylation is 1. The van der Waals surface area contributed by atoms with Crippen molar-refractivity contribution in [2.24, 2.45) is 0 Å². The van der Waals surface area contributed by atoms with E-state index in [1.165, 1.54) is 43.5 Å². The van der Waals surface area contributed by atoms with Gasteiger partial charge in [-0.15, -0.1) is 0 Å². The molecule has 1 N–H and O–H groups in total. The van der Waals surface area contributed by atoms with Crippen molar-refractivity contribution in [3.05, 3.63) is 56.6 Å². The molecule has 0 spiro atoms. The molecule has 1 heterocycles. The molecule has 124 valence electrons. The molecule has 0 aliphatic heterocycles. The number of non-ortho nitro benzene ring substituents is 1. The monoisotopic (exact) mass is 347 g/mol. The molecular formula is C15H13N3O5S. The first-order chi connectivity index (χ1) is 11.4. The molecule has 0 saturated carbocycles. The Hall–Kier alpha value is -3.07. The van der Waals surface area contributed by atoms with Gasteiger partial charge in [-0.2, -0.15) is 0 Å². The van der Waals surface area contributed by atoms with Gasteiger partial charge in [0.05, 0.1) is 17.7 Å². The molecule has 0 fully saturated rings. The van der Waals surface area contributed by atoms with Gasteiger partial charge in [0.15, 0.2) is 5.13 Å². The molecule has 1 aromatic carbocycles. The molecule has 1 aromatic heterocycles. The normalized spacial score (nSPS) is 10.6. The number of benzene rings is 1. The molecule has 24 heavy (non-hydrogen) atoms. The molecule has 0 saturated heterocycles. The Morgan fingerprint density at radius 3 is 2.58 bits per heavy atom. The maximum absolute atomic E-state index is 11.9. The first-order valence-electron chi connectivity index (χ1n) is 6.70. The Labute approximate surface area is 140 Å². The maximum Gasteiger partial charge on any atom is 0.350 e. The van der Waals surface area contributed by atoms with E-state index in [0.717, 1.165) is 11.3 Å². The topological polar surface area (TPSA) is 111 Å². The van der Waals surface area contributed by atoms with Gasteiger partial charge in [0.25, 0.3) is 5.69 Å². The van der Waals surface area contributed by atoms with Crippen LogP contribution >= 0.6 is 11.3 Å². The summed E-state index contributed by atoms with van der Waals surface area (Å²) in [5.74, 6) is -0.939. The van der Waals surface area contributed by atoms with Crippen LogP contribution in [0.25, 0.3) is 6.08 Å². The zero-order chi connectivity index (χ0) is 17.7. The summed E-state index contributed by atoms with van der Waals surface area (Å²) in [6, 6.07) is 5.77. The minimum absolute atomic E-state index is 0.0230. The first kappa shape index (κ1) is 17.3. The summed E-state index contributed by atoms with van der Waals surface area (Å²) in [6.07, 6.45) is 2.79. The first-order valence-corrected chi connectivity index (χ1v) is 7.51. The molecule has 0 unspecified atom stereocenters. The average Bonchev–Trinajstić information content (AvgIpc) is 2.92. The van der Waals surface area contributed by atoms with Crippen LogP contribution in [0.1, 0.15) is 20.9 Å². The number of nitrogens with zero attached hydrogens (tertiary/aromatic N) is 2. The molecule has 9 heteroatoms. The second kappa shape index (κ2) is 7.47. The number of nitro groups is 1. The van der Waals surface area contributed by atoms with Crippen molar-refractivity contribution in [1.29, 1.82) is 0 Å². The number of carbonyl (C=O) groups excluding carboxylic acids is 2. The number of esters is 1. The Morgan fingerprint density at radius 1 is 1.33 bits per heavy atom. The number of ether oxygens (including phenoxy) is 1. The second-order valence-corrected chi connectivity index (χ2v) is 5.60. The van der Waals surface area contributed by atoms with Crippen molar-refractivity contribution >= 4 is 40.1 Å². The van der Waals surface area contributed by atoms with Crippen molar-refractivity contribution in [3.8, 4) is 0 Å². The van der Waals surface area contributed by atoms with Gasteiger partial charge in [-0.05, 0) is 30.7 Å². The van der Waals surface area contributed by atoms with E-state index in [-0.39, 0.29) is 10.8 Å². The number of nitro benzene ring substituents is 1. The number of hydrogen-bond acceptors (Lipinski definition) is 7. The maximum atomic E-state index is 11.9. The zero-order valence-electron chi connectivity index (χ0n) is 12.8. The van der Waals surface area contributed by atoms with Crippen LogP contribution in [-0.4, -0.2) is 28.9 Å². The Balaban J connectivity index is 2.02. The zero-order valence-corrected chi connectivity index (χ0v) is 13.6. The van der Waals surface area contributed by atoms with E-state index in [9.17, 15) is 19.7 Å². The summed E-state index contributed by atoms with van der Waals surface area (Å²) in [5.41, 5.74) is 1.09. The van der Waals surface area contributed by atoms with Crippen LogP contribution in [0.2, 0.25) is 0 Å². The highest BCUT2D eigenvalue weighted by Crippen LogP contribution is 2.23. The molecule has 8 nitrogen and oxygen atoms in total. The van der Waals surface area contributed by atoms with Crippen LogP contribution in [0.4, 0.5) is 10.8 Å². The molecule has 0 bridgehead atoms. The predicted molar refractivity (Wildman–Crippen MR) is 89.0 cm³/mol. The van der Waals surface area contributed by atoms with Crippen molar-refractivity contribution in [1.82, 2.24) is 4.98 Å². The van der Waals surface area contributed by atoms with Crippen LogP contribution in [0.15, 0.2) is 30.3 Å². The van der Waals surface area contributed by atoms with E-state index >= 15 is 0 Å². The SMILES string of the molecule is COC(=O)c1sc(NC(=O)/C=C/c2ccc([N+](=O)[O-])cc2)nc1C. The number of hydrogen-bond donors (Lipinski definition) is 1. The number of anilines is 1. The number of methoxy groups -OCH3 is 1. The van der Waals surface area contributed by atoms with Gasteiger partial charge in [0.1, 0.15) is 4.88 Å². The highest BCUT2D eigenvalue weighted by atomic mass is 32.1. The summed E-state index contributed by atoms with van der Waals surface area (Å²) in [4.78, 5) is 37.8. The highest BCUT2D eigenvalue weighted by molar-refractivity contribution is 7.17. The minimum atomic E-state index is -0.507. The average molecular weight is 347 g/mol. The van der Waals surface area contributed by atoms with E-state index in [1.54, 1.807) is 6.92 Å². The third-order valence-corrected chi connectivity index (χ3v) is 3.98. The van der Waals surface area contributed by atoms with Crippen molar-refractivity contribution in [2.75, 3.05) is 12.4 Å². The Kier molecular flexibility index (Phi) is 5.38. The predicted octanol–water partition coefficient (Wildman–Crippen LogP) is 2.80. The van der Waals surface area contributed by atoms with Gasteiger partial charge in [-0.3, -0.25) is 20.2 Å². The smallest absolute Gasteiger partial charge is 0.350 e. The van der Waals surface area contributed by atoms with Crippen LogP contribution in [0.3, 0.4) is 0 Å². The Morgan fingerprint density at radius 2 is 2.00 bits per heavy atom. The van der Waals surface area contributed by atoms with E-state index in [4.69, 9.17) is 0 Å². The number of aromatic nitrogens is 1. The molecule has 0 atom stereocenters. The number of carbonyl (C=O) groups is 2. The van der Waals surface area contributed by atoms with Crippen LogP contribution in [-0.2, 0) is 9.53 Å². The lowest BCUT2D eigenvalue weighted by Gasteiger charge is -1.96. The molecule has 1 amide bonds. The van der Waals surface area contributed by atoms with E-state index in [2.05, 4.69) is 15.0 Å². The van der Waals surface area contributed by atoms with Gasteiger partial charge in [-0.1, -0.05) is 11.3 Å². The molecule has 0 aliphatic carbocycles. The fourth-order valence-electron chi connectivity index (χ4n) is 1.76. The number of rotatable bonds is 5. The quantitative estimate of drug-likeness (QED) is 0.385. The summed E-state index contributed by atoms with van der Waals surface area (Å²) < 4.78 is 4.62. The Bertz CT molecular complexity index is 811. The van der Waals surface area contributed by atoms with Gasteiger partial charge in [0.2, 0.25) is 5.91 Å². The van der Waals surface area contributed by atoms with Gasteiger partial charge < -0.3 is 4.74 Å². The molecule has 0 radical (unpaired) electrons. The third-order valence-electron chi connectivity index (χ3n) is 2.93. The van der Waals surface area contributed by atoms with Crippen molar-refractivity contribution in [3.63, 3.8) is 0 Å². The number of amides is 1. The van der Waals surface area contributed by atoms with E-state index in [0.29, 0.717) is 16.1 Å². The highest BCUT2D eigenvalue weighted by Gasteiger charge is 2.16. The van der Waals surface area contributed by atoms with E-state index < -0.39 is 16.8 Å². The lowest BCUT2D eigenvalue weighted by Crippen LogP contribution is -2.07. The number of nitrogens with one attached hydrogen (secondary N) is 1. The van der Waals surface area contributed by atoms with E-state index in [1.807, 2.05) is 0 Å². The largest absolute Gasteiger partial charge is 0.465 e.